The van der Waals surface area contributed by atoms with Crippen molar-refractivity contribution in [1.82, 2.24) is 14.7 Å². The molecule has 29 heavy (non-hydrogen) atoms. The normalized spacial score (nSPS) is 16.4. The van der Waals surface area contributed by atoms with Crippen molar-refractivity contribution in [3.8, 4) is 0 Å². The molecule has 0 fully saturated rings. The van der Waals surface area contributed by atoms with E-state index >= 15 is 0 Å². The zero-order valence-corrected chi connectivity index (χ0v) is 20.5. The number of unbranched alkanes of at least 4 members (excludes halogenated alkanes) is 1. The van der Waals surface area contributed by atoms with E-state index in [1.165, 1.54) is 0 Å². The maximum atomic E-state index is 11.3. The van der Waals surface area contributed by atoms with E-state index in [0.717, 1.165) is 0 Å². The van der Waals surface area contributed by atoms with Crippen LogP contribution in [0.5, 0.6) is 0 Å². The Labute approximate surface area is 174 Å². The SMILES string of the molecule is NCCN(CCN(CCN(CCCC[PH](=O)O)C[PH](=O)O)C[PH](=O)O)C[PH](=O)O. The molecule has 0 aliphatic heterocycles. The van der Waals surface area contributed by atoms with Crippen molar-refractivity contribution >= 4 is 32.1 Å². The van der Waals surface area contributed by atoms with E-state index in [4.69, 9.17) is 15.5 Å². The van der Waals surface area contributed by atoms with Crippen molar-refractivity contribution in [2.24, 2.45) is 5.73 Å². The Balaban J connectivity index is 4.71. The highest BCUT2D eigenvalue weighted by Crippen LogP contribution is 2.19. The summed E-state index contributed by atoms with van der Waals surface area (Å²) in [5.74, 6) is 0. The molecule has 0 bridgehead atoms. The molecule has 4 atom stereocenters. The van der Waals surface area contributed by atoms with Crippen LogP contribution in [0.4, 0.5) is 0 Å². The molecule has 176 valence electrons. The van der Waals surface area contributed by atoms with Gasteiger partial charge in [0.05, 0.1) is 18.9 Å². The van der Waals surface area contributed by atoms with E-state index < -0.39 is 32.1 Å². The molecule has 4 unspecified atom stereocenters. The molecule has 0 aliphatic rings. The summed E-state index contributed by atoms with van der Waals surface area (Å²) in [7, 11) is -10.7. The first-order chi connectivity index (χ1) is 13.6. The van der Waals surface area contributed by atoms with Crippen molar-refractivity contribution in [2.75, 3.05) is 70.8 Å². The minimum absolute atomic E-state index is 0.00704. The average Bonchev–Trinajstić information content (AvgIpc) is 2.59. The summed E-state index contributed by atoms with van der Waals surface area (Å²) >= 11 is 0. The van der Waals surface area contributed by atoms with E-state index in [2.05, 4.69) is 0 Å². The number of nitrogens with two attached hydrogens (primary N) is 1. The Kier molecular flexibility index (Phi) is 18.6. The van der Waals surface area contributed by atoms with E-state index in [1.807, 2.05) is 0 Å². The fourth-order valence-electron chi connectivity index (χ4n) is 2.74. The minimum Gasteiger partial charge on any atom is -0.346 e. The molecule has 0 rings (SSSR count). The molecule has 0 spiro atoms. The summed E-state index contributed by atoms with van der Waals surface area (Å²) in [4.78, 5) is 41.8. The zero-order chi connectivity index (χ0) is 22.2. The van der Waals surface area contributed by atoms with Crippen LogP contribution in [0.1, 0.15) is 12.8 Å². The van der Waals surface area contributed by atoms with Crippen molar-refractivity contribution < 1.29 is 37.8 Å². The number of hydrogen-bond donors (Lipinski definition) is 5. The second kappa shape index (κ2) is 18.2. The molecule has 0 amide bonds. The van der Waals surface area contributed by atoms with Crippen LogP contribution in [0.3, 0.4) is 0 Å². The van der Waals surface area contributed by atoms with Gasteiger partial charge in [0.15, 0.2) is 8.03 Å². The first kappa shape index (κ1) is 29.6. The van der Waals surface area contributed by atoms with E-state index in [-0.39, 0.29) is 25.0 Å². The highest BCUT2D eigenvalue weighted by Gasteiger charge is 2.15. The van der Waals surface area contributed by atoms with Crippen molar-refractivity contribution in [3.63, 3.8) is 0 Å². The van der Waals surface area contributed by atoms with E-state index in [0.29, 0.717) is 58.7 Å². The second-order valence-electron chi connectivity index (χ2n) is 6.65. The van der Waals surface area contributed by atoms with Crippen LogP contribution >= 0.6 is 32.1 Å². The quantitative estimate of drug-likeness (QED) is 0.112. The van der Waals surface area contributed by atoms with Crippen LogP contribution in [0, 0.1) is 0 Å². The maximum absolute atomic E-state index is 11.3. The van der Waals surface area contributed by atoms with Gasteiger partial charge < -0.3 is 25.3 Å². The zero-order valence-electron chi connectivity index (χ0n) is 16.5. The molecular weight excluding hydrogens is 464 g/mol. The summed E-state index contributed by atoms with van der Waals surface area (Å²) in [5, 5.41) is 0. The van der Waals surface area contributed by atoms with Gasteiger partial charge in [-0.3, -0.25) is 33.0 Å². The Bertz CT molecular complexity index is 545. The van der Waals surface area contributed by atoms with Crippen LogP contribution in [0.2, 0.25) is 0 Å². The Morgan fingerprint density at radius 3 is 1.28 bits per heavy atom. The highest BCUT2D eigenvalue weighted by molar-refractivity contribution is 7.38. The summed E-state index contributed by atoms with van der Waals surface area (Å²) in [6, 6.07) is 0. The van der Waals surface area contributed by atoms with Crippen LogP contribution in [-0.4, -0.2) is 105 Å². The number of rotatable bonds is 19. The lowest BCUT2D eigenvalue weighted by molar-refractivity contribution is 0.205. The average molecular weight is 500 g/mol. The molecule has 0 saturated heterocycles. The molecule has 0 saturated carbocycles. The molecule has 12 nitrogen and oxygen atoms in total. The third-order valence-corrected chi connectivity index (χ3v) is 7.04. The van der Waals surface area contributed by atoms with Crippen molar-refractivity contribution in [1.29, 1.82) is 0 Å². The molecule has 0 radical (unpaired) electrons. The second-order valence-corrected chi connectivity index (χ2v) is 11.2. The standard InChI is InChI=1S/C13H36N4O8P4/c14-3-5-16(12-28(22)23)7-9-17(13-29(24)25)8-6-15(11-27(20)21)4-1-2-10-26(18)19/h26-29H,1-14H2,(H,18,19)(H,20,21)(H,22,23)(H,24,25). The Morgan fingerprint density at radius 2 is 0.931 bits per heavy atom. The van der Waals surface area contributed by atoms with Gasteiger partial charge in [-0.1, -0.05) is 0 Å². The molecular formula is C13H36N4O8P4. The summed E-state index contributed by atoms with van der Waals surface area (Å²) in [6.45, 7) is 2.82. The van der Waals surface area contributed by atoms with E-state index in [1.54, 1.807) is 14.7 Å². The minimum atomic E-state index is -2.77. The van der Waals surface area contributed by atoms with Gasteiger partial charge in [-0.2, -0.15) is 0 Å². The molecule has 0 aliphatic carbocycles. The van der Waals surface area contributed by atoms with E-state index in [9.17, 15) is 28.0 Å². The Hall–Kier alpha value is 0.600. The highest BCUT2D eigenvalue weighted by atomic mass is 31.1. The fraction of sp³-hybridized carbons (Fsp3) is 1.00. The smallest absolute Gasteiger partial charge is 0.202 e. The lowest BCUT2D eigenvalue weighted by Gasteiger charge is -2.28. The fourth-order valence-corrected chi connectivity index (χ4v) is 5.39. The number of nitrogens with zero attached hydrogens (tertiary/aromatic N) is 3. The van der Waals surface area contributed by atoms with Gasteiger partial charge in [0, 0.05) is 45.4 Å². The van der Waals surface area contributed by atoms with Gasteiger partial charge in [0.1, 0.15) is 0 Å². The van der Waals surface area contributed by atoms with Crippen LogP contribution in [0.25, 0.3) is 0 Å². The van der Waals surface area contributed by atoms with Crippen LogP contribution < -0.4 is 5.73 Å². The monoisotopic (exact) mass is 500 g/mol. The Morgan fingerprint density at radius 1 is 0.552 bits per heavy atom. The van der Waals surface area contributed by atoms with Gasteiger partial charge in [0.25, 0.3) is 0 Å². The van der Waals surface area contributed by atoms with Gasteiger partial charge >= 0.3 is 0 Å². The lowest BCUT2D eigenvalue weighted by atomic mass is 10.3. The predicted octanol–water partition coefficient (Wildman–Crippen LogP) is -0.628. The summed E-state index contributed by atoms with van der Waals surface area (Å²) in [5.41, 5.74) is 5.51. The third-order valence-electron chi connectivity index (χ3n) is 4.10. The molecule has 0 aromatic heterocycles. The largest absolute Gasteiger partial charge is 0.346 e. The van der Waals surface area contributed by atoms with Crippen LogP contribution in [0.15, 0.2) is 0 Å². The van der Waals surface area contributed by atoms with Gasteiger partial charge in [-0.05, 0) is 19.4 Å². The molecule has 0 aromatic rings. The summed E-state index contributed by atoms with van der Waals surface area (Å²) in [6.07, 6.45) is 1.33. The molecule has 16 heteroatoms. The first-order valence-electron chi connectivity index (χ1n) is 9.38. The predicted molar refractivity (Wildman–Crippen MR) is 117 cm³/mol. The van der Waals surface area contributed by atoms with Gasteiger partial charge in [-0.15, -0.1) is 0 Å². The molecule has 0 aromatic carbocycles. The molecule has 0 heterocycles. The van der Waals surface area contributed by atoms with Crippen molar-refractivity contribution in [3.05, 3.63) is 0 Å². The van der Waals surface area contributed by atoms with Crippen LogP contribution in [-0.2, 0) is 18.3 Å². The maximum Gasteiger partial charge on any atom is 0.202 e. The third kappa shape index (κ3) is 19.0. The first-order valence-corrected chi connectivity index (χ1v) is 15.6. The topological polar surface area (TPSA) is 185 Å². The van der Waals surface area contributed by atoms with Gasteiger partial charge in [0.2, 0.25) is 24.1 Å². The lowest BCUT2D eigenvalue weighted by Crippen LogP contribution is -2.41. The number of hydrogen-bond acceptors (Lipinski definition) is 8. The molecule has 6 N–H and O–H groups in total. The summed E-state index contributed by atoms with van der Waals surface area (Å²) < 4.78 is 44.5. The van der Waals surface area contributed by atoms with Crippen molar-refractivity contribution in [2.45, 2.75) is 12.8 Å². The van der Waals surface area contributed by atoms with Gasteiger partial charge in [-0.25, -0.2) is 0 Å².